The number of ether oxygens (including phenoxy) is 1. The third-order valence-electron chi connectivity index (χ3n) is 4.32. The lowest BCUT2D eigenvalue weighted by Gasteiger charge is -2.18. The van der Waals surface area contributed by atoms with Crippen molar-refractivity contribution in [2.24, 2.45) is 0 Å². The number of carbonyl (C=O) groups is 2. The zero-order valence-electron chi connectivity index (χ0n) is 15.6. The Hall–Kier alpha value is -3.75. The molecule has 1 unspecified atom stereocenters. The standard InChI is InChI=1S/C20H18F2N4O3/c1-23-20(28)18(12-5-8-15(21)16(22)9-12)25-19(27)14-10-24-26-17(14)11-3-6-13(29-2)7-4-11/h3-10,18H,1-2H3,(H,23,28)(H,24,26)(H,25,27). The van der Waals surface area contributed by atoms with Gasteiger partial charge in [0.2, 0.25) is 5.91 Å². The van der Waals surface area contributed by atoms with E-state index in [-0.39, 0.29) is 11.1 Å². The van der Waals surface area contributed by atoms with Crippen molar-refractivity contribution in [1.82, 2.24) is 20.8 Å². The Morgan fingerprint density at radius 2 is 1.83 bits per heavy atom. The summed E-state index contributed by atoms with van der Waals surface area (Å²) >= 11 is 0. The highest BCUT2D eigenvalue weighted by Gasteiger charge is 2.25. The number of rotatable bonds is 6. The summed E-state index contributed by atoms with van der Waals surface area (Å²) in [6.07, 6.45) is 1.32. The third-order valence-corrected chi connectivity index (χ3v) is 4.32. The topological polar surface area (TPSA) is 96.1 Å². The molecule has 0 radical (unpaired) electrons. The number of methoxy groups -OCH3 is 1. The average molecular weight is 400 g/mol. The molecule has 1 aromatic heterocycles. The highest BCUT2D eigenvalue weighted by molar-refractivity contribution is 6.02. The fourth-order valence-electron chi connectivity index (χ4n) is 2.78. The van der Waals surface area contributed by atoms with Crippen LogP contribution < -0.4 is 15.4 Å². The van der Waals surface area contributed by atoms with Crippen LogP contribution in [0.2, 0.25) is 0 Å². The lowest BCUT2D eigenvalue weighted by atomic mass is 10.0. The molecular weight excluding hydrogens is 382 g/mol. The lowest BCUT2D eigenvalue weighted by Crippen LogP contribution is -2.39. The number of H-pyrrole nitrogens is 1. The summed E-state index contributed by atoms with van der Waals surface area (Å²) in [6.45, 7) is 0. The van der Waals surface area contributed by atoms with Crippen molar-refractivity contribution in [1.29, 1.82) is 0 Å². The largest absolute Gasteiger partial charge is 0.497 e. The van der Waals surface area contributed by atoms with Crippen molar-refractivity contribution in [3.05, 3.63) is 71.4 Å². The first-order chi connectivity index (χ1) is 13.9. The molecule has 0 saturated carbocycles. The van der Waals surface area contributed by atoms with E-state index in [1.165, 1.54) is 19.3 Å². The van der Waals surface area contributed by atoms with Crippen molar-refractivity contribution in [3.8, 4) is 17.0 Å². The monoisotopic (exact) mass is 400 g/mol. The van der Waals surface area contributed by atoms with Gasteiger partial charge in [0.25, 0.3) is 5.91 Å². The number of carbonyl (C=O) groups excluding carboxylic acids is 2. The van der Waals surface area contributed by atoms with Crippen molar-refractivity contribution in [2.45, 2.75) is 6.04 Å². The second-order valence-electron chi connectivity index (χ2n) is 6.08. The number of halogens is 2. The maximum atomic E-state index is 13.6. The SMILES string of the molecule is CNC(=O)C(NC(=O)c1cn[nH]c1-c1ccc(OC)cc1)c1ccc(F)c(F)c1. The first-order valence-electron chi connectivity index (χ1n) is 8.59. The van der Waals surface area contributed by atoms with Crippen LogP contribution in [-0.2, 0) is 4.79 Å². The highest BCUT2D eigenvalue weighted by Crippen LogP contribution is 2.25. The molecule has 0 bridgehead atoms. The number of hydrogen-bond acceptors (Lipinski definition) is 4. The molecular formula is C20H18F2N4O3. The van der Waals surface area contributed by atoms with Crippen molar-refractivity contribution in [3.63, 3.8) is 0 Å². The molecule has 0 spiro atoms. The van der Waals surface area contributed by atoms with Gasteiger partial charge in [0.15, 0.2) is 11.6 Å². The molecule has 2 amide bonds. The molecule has 0 aliphatic rings. The fraction of sp³-hybridized carbons (Fsp3) is 0.150. The molecule has 2 aromatic carbocycles. The van der Waals surface area contributed by atoms with Gasteiger partial charge in [-0.05, 0) is 42.0 Å². The molecule has 1 heterocycles. The van der Waals surface area contributed by atoms with Gasteiger partial charge in [-0.3, -0.25) is 14.7 Å². The number of aromatic amines is 1. The Balaban J connectivity index is 1.90. The van der Waals surface area contributed by atoms with Gasteiger partial charge in [0.05, 0.1) is 24.6 Å². The minimum Gasteiger partial charge on any atom is -0.497 e. The Kier molecular flexibility index (Phi) is 5.87. The van der Waals surface area contributed by atoms with E-state index in [1.54, 1.807) is 31.4 Å². The van der Waals surface area contributed by atoms with E-state index in [1.807, 2.05) is 0 Å². The van der Waals surface area contributed by atoms with Gasteiger partial charge >= 0.3 is 0 Å². The Morgan fingerprint density at radius 1 is 1.10 bits per heavy atom. The summed E-state index contributed by atoms with van der Waals surface area (Å²) in [6, 6.07) is 8.73. The quantitative estimate of drug-likeness (QED) is 0.593. The Labute approximate surface area is 165 Å². The number of amides is 2. The van der Waals surface area contributed by atoms with Crippen molar-refractivity contribution in [2.75, 3.05) is 14.2 Å². The molecule has 0 aliphatic carbocycles. The molecule has 3 N–H and O–H groups in total. The predicted octanol–water partition coefficient (Wildman–Crippen LogP) is 2.58. The van der Waals surface area contributed by atoms with Crippen LogP contribution in [0.4, 0.5) is 8.78 Å². The van der Waals surface area contributed by atoms with Crippen LogP contribution in [0.25, 0.3) is 11.3 Å². The van der Waals surface area contributed by atoms with Crippen molar-refractivity contribution < 1.29 is 23.1 Å². The number of aromatic nitrogens is 2. The molecule has 0 aliphatic heterocycles. The molecule has 0 fully saturated rings. The molecule has 7 nitrogen and oxygen atoms in total. The van der Waals surface area contributed by atoms with E-state index in [2.05, 4.69) is 20.8 Å². The first-order valence-corrected chi connectivity index (χ1v) is 8.59. The van der Waals surface area contributed by atoms with E-state index in [4.69, 9.17) is 4.74 Å². The summed E-state index contributed by atoms with van der Waals surface area (Å²) in [5.41, 5.74) is 1.40. The summed E-state index contributed by atoms with van der Waals surface area (Å²) < 4.78 is 32.0. The molecule has 150 valence electrons. The second kappa shape index (κ2) is 8.51. The van der Waals surface area contributed by atoms with E-state index in [9.17, 15) is 18.4 Å². The summed E-state index contributed by atoms with van der Waals surface area (Å²) in [7, 11) is 2.92. The summed E-state index contributed by atoms with van der Waals surface area (Å²) in [5, 5.41) is 11.6. The van der Waals surface area contributed by atoms with Crippen LogP contribution in [0.1, 0.15) is 22.0 Å². The van der Waals surface area contributed by atoms with Crippen LogP contribution in [0.5, 0.6) is 5.75 Å². The maximum absolute atomic E-state index is 13.6. The van der Waals surface area contributed by atoms with Gasteiger partial charge in [0, 0.05) is 12.6 Å². The van der Waals surface area contributed by atoms with Gasteiger partial charge in [-0.15, -0.1) is 0 Å². The zero-order chi connectivity index (χ0) is 21.0. The minimum atomic E-state index is -1.22. The van der Waals surface area contributed by atoms with Gasteiger partial charge < -0.3 is 15.4 Å². The summed E-state index contributed by atoms with van der Waals surface area (Å²) in [5.74, 6) is -2.71. The zero-order valence-corrected chi connectivity index (χ0v) is 15.6. The lowest BCUT2D eigenvalue weighted by molar-refractivity contribution is -0.122. The number of nitrogens with zero attached hydrogens (tertiary/aromatic N) is 1. The number of nitrogens with one attached hydrogen (secondary N) is 3. The molecule has 3 aromatic rings. The Morgan fingerprint density at radius 3 is 2.45 bits per heavy atom. The molecule has 0 saturated heterocycles. The smallest absolute Gasteiger partial charge is 0.256 e. The second-order valence-corrected chi connectivity index (χ2v) is 6.08. The fourth-order valence-corrected chi connectivity index (χ4v) is 2.78. The third kappa shape index (κ3) is 4.23. The molecule has 3 rings (SSSR count). The van der Waals surface area contributed by atoms with Crippen LogP contribution >= 0.6 is 0 Å². The van der Waals surface area contributed by atoms with E-state index in [0.717, 1.165) is 12.1 Å². The van der Waals surface area contributed by atoms with Crippen LogP contribution in [0.3, 0.4) is 0 Å². The highest BCUT2D eigenvalue weighted by atomic mass is 19.2. The van der Waals surface area contributed by atoms with Crippen LogP contribution in [-0.4, -0.2) is 36.2 Å². The Bertz CT molecular complexity index is 1030. The molecule has 29 heavy (non-hydrogen) atoms. The normalized spacial score (nSPS) is 11.6. The molecule has 1 atom stereocenters. The van der Waals surface area contributed by atoms with E-state index in [0.29, 0.717) is 17.0 Å². The minimum absolute atomic E-state index is 0.103. The van der Waals surface area contributed by atoms with Gasteiger partial charge in [-0.2, -0.15) is 5.10 Å². The number of hydrogen-bond donors (Lipinski definition) is 3. The van der Waals surface area contributed by atoms with Gasteiger partial charge in [0.1, 0.15) is 11.8 Å². The molecule has 9 heteroatoms. The summed E-state index contributed by atoms with van der Waals surface area (Å²) in [4.78, 5) is 25.1. The predicted molar refractivity (Wildman–Crippen MR) is 101 cm³/mol. The van der Waals surface area contributed by atoms with E-state index >= 15 is 0 Å². The van der Waals surface area contributed by atoms with Gasteiger partial charge in [-0.1, -0.05) is 6.07 Å². The average Bonchev–Trinajstić information content (AvgIpc) is 3.23. The van der Waals surface area contributed by atoms with Crippen LogP contribution in [0.15, 0.2) is 48.7 Å². The van der Waals surface area contributed by atoms with Crippen LogP contribution in [0, 0.1) is 11.6 Å². The number of likely N-dealkylation sites (N-methyl/N-ethyl adjacent to an activating group) is 1. The first kappa shape index (κ1) is 20.0. The van der Waals surface area contributed by atoms with E-state index < -0.39 is 29.5 Å². The van der Waals surface area contributed by atoms with Gasteiger partial charge in [-0.25, -0.2) is 8.78 Å². The number of benzene rings is 2. The van der Waals surface area contributed by atoms with Crippen molar-refractivity contribution >= 4 is 11.8 Å². The maximum Gasteiger partial charge on any atom is 0.256 e.